The maximum absolute atomic E-state index is 10.3. The van der Waals surface area contributed by atoms with E-state index in [2.05, 4.69) is 96.3 Å². The van der Waals surface area contributed by atoms with Gasteiger partial charge in [-0.1, -0.05) is 91.9 Å². The molecule has 0 amide bonds. The summed E-state index contributed by atoms with van der Waals surface area (Å²) in [4.78, 5) is 0. The average molecular weight is 407 g/mol. The number of hydrogen-bond donors (Lipinski definition) is 0. The first-order chi connectivity index (χ1) is 14.2. The molecule has 0 aliphatic rings. The summed E-state index contributed by atoms with van der Waals surface area (Å²) in [7, 11) is 0. The molecule has 0 saturated heterocycles. The molecule has 0 bridgehead atoms. The van der Waals surface area contributed by atoms with E-state index in [0.717, 1.165) is 12.0 Å². The van der Waals surface area contributed by atoms with Crippen molar-refractivity contribution in [3.05, 3.63) is 107 Å². The summed E-state index contributed by atoms with van der Waals surface area (Å²) in [6.45, 7) is 21.7. The minimum Gasteiger partial charge on any atom is -0.251 e. The lowest BCUT2D eigenvalue weighted by atomic mass is 9.95. The highest BCUT2D eigenvalue weighted by molar-refractivity contribution is 5.73. The van der Waals surface area contributed by atoms with Crippen molar-refractivity contribution >= 4 is 11.1 Å². The van der Waals surface area contributed by atoms with Crippen LogP contribution in [0.5, 0.6) is 0 Å². The third-order valence-corrected chi connectivity index (χ3v) is 4.68. The summed E-state index contributed by atoms with van der Waals surface area (Å²) in [5.41, 5.74) is 10.2. The summed E-state index contributed by atoms with van der Waals surface area (Å²) in [5.74, 6) is 0. The highest BCUT2D eigenvalue weighted by Crippen LogP contribution is 2.24. The van der Waals surface area contributed by atoms with Crippen LogP contribution in [0.2, 0.25) is 0 Å². The predicted octanol–water partition coefficient (Wildman–Crippen LogP) is 9.10. The molecule has 0 radical (unpaired) electrons. The van der Waals surface area contributed by atoms with Gasteiger partial charge in [-0.15, -0.1) is 0 Å². The Morgan fingerprint density at radius 2 is 1.63 bits per heavy atom. The molecule has 0 aliphatic heterocycles. The van der Waals surface area contributed by atoms with Gasteiger partial charge in [-0.2, -0.15) is 0 Å². The lowest BCUT2D eigenvalue weighted by molar-refractivity contribution is 0.527. The van der Waals surface area contributed by atoms with Crippen molar-refractivity contribution in [3.8, 4) is 0 Å². The Bertz CT molecular complexity index is 866. The van der Waals surface area contributed by atoms with E-state index in [1.807, 2.05) is 13.0 Å². The molecular formula is C29H39F. The van der Waals surface area contributed by atoms with Gasteiger partial charge < -0.3 is 0 Å². The first-order valence-electron chi connectivity index (χ1n) is 10.6. The average Bonchev–Trinajstić information content (AvgIpc) is 2.72. The molecule has 1 heteroatoms. The Kier molecular flexibility index (Phi) is 13.9. The van der Waals surface area contributed by atoms with Crippen LogP contribution in [0.15, 0.2) is 79.4 Å². The molecule has 0 unspecified atom stereocenters. The number of benzene rings is 2. The Balaban J connectivity index is 0.000000581. The fraction of sp³-hybridized carbons (Fsp3) is 0.310. The Morgan fingerprint density at radius 1 is 1.00 bits per heavy atom. The van der Waals surface area contributed by atoms with E-state index in [4.69, 9.17) is 0 Å². The normalized spacial score (nSPS) is 10.9. The molecule has 2 aromatic carbocycles. The van der Waals surface area contributed by atoms with Crippen molar-refractivity contribution in [2.45, 2.75) is 54.9 Å². The van der Waals surface area contributed by atoms with Crippen LogP contribution >= 0.6 is 0 Å². The topological polar surface area (TPSA) is 0 Å². The largest absolute Gasteiger partial charge is 0.251 e. The van der Waals surface area contributed by atoms with Crippen LogP contribution in [0.4, 0.5) is 4.39 Å². The van der Waals surface area contributed by atoms with E-state index in [0.29, 0.717) is 0 Å². The maximum atomic E-state index is 10.3. The molecule has 0 nitrogen and oxygen atoms in total. The maximum Gasteiger partial charge on any atom is 0.0866 e. The van der Waals surface area contributed by atoms with Gasteiger partial charge in [0, 0.05) is 0 Å². The van der Waals surface area contributed by atoms with Gasteiger partial charge in [-0.05, 0) is 81.4 Å². The van der Waals surface area contributed by atoms with Gasteiger partial charge in [0.25, 0.3) is 0 Å². The first kappa shape index (κ1) is 27.3. The van der Waals surface area contributed by atoms with Crippen molar-refractivity contribution in [2.75, 3.05) is 6.67 Å². The summed E-state index contributed by atoms with van der Waals surface area (Å²) < 4.78 is 10.3. The fourth-order valence-corrected chi connectivity index (χ4v) is 2.87. The van der Waals surface area contributed by atoms with Crippen LogP contribution in [0.1, 0.15) is 62.4 Å². The fourth-order valence-electron chi connectivity index (χ4n) is 2.87. The zero-order chi connectivity index (χ0) is 23.1. The van der Waals surface area contributed by atoms with Crippen LogP contribution in [-0.2, 0) is 6.42 Å². The second-order valence-electron chi connectivity index (χ2n) is 7.32. The lowest BCUT2D eigenvalue weighted by Crippen LogP contribution is -1.89. The Morgan fingerprint density at radius 3 is 2.07 bits per heavy atom. The standard InChI is InChI=1S/C18H22.C9H12.C2H5F/c1-7-8-9-14(4)16(6)17-10-11-18(13(2)3)15(5)12-17;1-3-9-6-4-5-8(2)7-9;1-2-3/h7-12H,1-2H2,3-6H3;4-7H,3H2,1-2H3;2H2,1H3/b9-8-,16-14+;;. The number of rotatable bonds is 5. The monoisotopic (exact) mass is 406 g/mol. The van der Waals surface area contributed by atoms with Crippen LogP contribution in [0, 0.1) is 13.8 Å². The third-order valence-electron chi connectivity index (χ3n) is 4.68. The van der Waals surface area contributed by atoms with Crippen LogP contribution in [-0.4, -0.2) is 6.67 Å². The van der Waals surface area contributed by atoms with E-state index in [-0.39, 0.29) is 6.67 Å². The van der Waals surface area contributed by atoms with Gasteiger partial charge in [-0.3, -0.25) is 4.39 Å². The quantitative estimate of drug-likeness (QED) is 0.434. The summed E-state index contributed by atoms with van der Waals surface area (Å²) in [6.07, 6.45) is 6.99. The molecule has 2 aromatic rings. The lowest BCUT2D eigenvalue weighted by Gasteiger charge is -2.10. The zero-order valence-electron chi connectivity index (χ0n) is 20.0. The van der Waals surface area contributed by atoms with Crippen LogP contribution in [0.25, 0.3) is 11.1 Å². The number of alkyl halides is 1. The minimum absolute atomic E-state index is 0.250. The highest BCUT2D eigenvalue weighted by atomic mass is 19.1. The van der Waals surface area contributed by atoms with Crippen LogP contribution < -0.4 is 0 Å². The molecule has 0 N–H and O–H groups in total. The minimum atomic E-state index is -0.250. The molecule has 162 valence electrons. The van der Waals surface area contributed by atoms with Crippen molar-refractivity contribution < 1.29 is 4.39 Å². The summed E-state index contributed by atoms with van der Waals surface area (Å²) in [5, 5.41) is 0. The van der Waals surface area contributed by atoms with Crippen molar-refractivity contribution in [1.29, 1.82) is 0 Å². The van der Waals surface area contributed by atoms with E-state index >= 15 is 0 Å². The first-order valence-corrected chi connectivity index (χ1v) is 10.6. The predicted molar refractivity (Wildman–Crippen MR) is 136 cm³/mol. The second kappa shape index (κ2) is 15.2. The SMILES string of the molecule is C=C/C=C\C(C)=C(/C)c1ccc(C(=C)C)c(C)c1.CCF.CCc1cccc(C)c1. The smallest absolute Gasteiger partial charge is 0.0866 e. The molecule has 0 atom stereocenters. The highest BCUT2D eigenvalue weighted by Gasteiger charge is 2.03. The van der Waals surface area contributed by atoms with Gasteiger partial charge in [0.05, 0.1) is 6.67 Å². The van der Waals surface area contributed by atoms with E-state index in [9.17, 15) is 4.39 Å². The molecule has 0 fully saturated rings. The van der Waals surface area contributed by atoms with Gasteiger partial charge in [0.2, 0.25) is 0 Å². The van der Waals surface area contributed by atoms with Crippen molar-refractivity contribution in [3.63, 3.8) is 0 Å². The van der Waals surface area contributed by atoms with Gasteiger partial charge in [0.15, 0.2) is 0 Å². The molecule has 0 aromatic heterocycles. The third kappa shape index (κ3) is 10.2. The van der Waals surface area contributed by atoms with E-state index in [1.165, 1.54) is 45.9 Å². The molecule has 0 heterocycles. The summed E-state index contributed by atoms with van der Waals surface area (Å²) >= 11 is 0. The molecule has 0 aliphatic carbocycles. The number of allylic oxidation sites excluding steroid dienone is 6. The van der Waals surface area contributed by atoms with E-state index in [1.54, 1.807) is 6.08 Å². The molecule has 0 spiro atoms. The number of aryl methyl sites for hydroxylation is 3. The van der Waals surface area contributed by atoms with Gasteiger partial charge in [-0.25, -0.2) is 0 Å². The van der Waals surface area contributed by atoms with Gasteiger partial charge in [0.1, 0.15) is 0 Å². The zero-order valence-corrected chi connectivity index (χ0v) is 20.0. The van der Waals surface area contributed by atoms with Crippen molar-refractivity contribution in [2.24, 2.45) is 0 Å². The van der Waals surface area contributed by atoms with E-state index < -0.39 is 0 Å². The Hall–Kier alpha value is -2.67. The van der Waals surface area contributed by atoms with Gasteiger partial charge >= 0.3 is 0 Å². The summed E-state index contributed by atoms with van der Waals surface area (Å²) in [6, 6.07) is 15.2. The number of hydrogen-bond acceptors (Lipinski definition) is 0. The molecule has 0 saturated carbocycles. The van der Waals surface area contributed by atoms with Crippen LogP contribution in [0.3, 0.4) is 0 Å². The second-order valence-corrected chi connectivity index (χ2v) is 7.32. The molecule has 30 heavy (non-hydrogen) atoms. The molecule has 2 rings (SSSR count). The van der Waals surface area contributed by atoms with Crippen molar-refractivity contribution in [1.82, 2.24) is 0 Å². The number of halogens is 1. The molecular weight excluding hydrogens is 367 g/mol. The Labute approximate surface area is 184 Å².